The summed E-state index contributed by atoms with van der Waals surface area (Å²) in [6, 6.07) is 10.4. The molecule has 116 valence electrons. The predicted octanol–water partition coefficient (Wildman–Crippen LogP) is 3.05. The highest BCUT2D eigenvalue weighted by Gasteiger charge is 2.16. The van der Waals surface area contributed by atoms with Crippen LogP contribution >= 0.6 is 0 Å². The van der Waals surface area contributed by atoms with Crippen LogP contribution in [0.15, 0.2) is 34.7 Å². The maximum Gasteiger partial charge on any atom is 0.134 e. The van der Waals surface area contributed by atoms with Gasteiger partial charge in [0.25, 0.3) is 0 Å². The maximum atomic E-state index is 5.94. The third-order valence-corrected chi connectivity index (χ3v) is 3.55. The molecular weight excluding hydrogens is 264 g/mol. The average Bonchev–Trinajstić information content (AvgIpc) is 2.88. The van der Waals surface area contributed by atoms with Crippen LogP contribution in [0.25, 0.3) is 11.0 Å². The molecule has 1 atom stereocenters. The minimum Gasteiger partial charge on any atom is -0.459 e. The molecule has 1 heterocycles. The van der Waals surface area contributed by atoms with Gasteiger partial charge < -0.3 is 19.4 Å². The van der Waals surface area contributed by atoms with Gasteiger partial charge in [-0.05, 0) is 40.1 Å². The lowest BCUT2D eigenvalue weighted by atomic mass is 10.2. The molecule has 0 amide bonds. The van der Waals surface area contributed by atoms with Crippen LogP contribution in [0.4, 0.5) is 0 Å². The molecule has 0 fully saturated rings. The van der Waals surface area contributed by atoms with Crippen molar-refractivity contribution in [1.82, 2.24) is 10.2 Å². The zero-order valence-corrected chi connectivity index (χ0v) is 13.4. The Bertz CT molecular complexity index is 517. The number of hydrogen-bond donors (Lipinski definition) is 1. The second-order valence-electron chi connectivity index (χ2n) is 5.71. The number of para-hydroxylation sites is 1. The van der Waals surface area contributed by atoms with Crippen molar-refractivity contribution >= 4 is 11.0 Å². The van der Waals surface area contributed by atoms with Gasteiger partial charge in [0.1, 0.15) is 11.3 Å². The van der Waals surface area contributed by atoms with E-state index in [2.05, 4.69) is 43.2 Å². The van der Waals surface area contributed by atoms with Crippen molar-refractivity contribution in [3.05, 3.63) is 36.1 Å². The number of fused-ring (bicyclic) bond motifs is 1. The van der Waals surface area contributed by atoms with Crippen molar-refractivity contribution in [3.63, 3.8) is 0 Å². The topological polar surface area (TPSA) is 37.6 Å². The third-order valence-electron chi connectivity index (χ3n) is 3.55. The van der Waals surface area contributed by atoms with E-state index in [-0.39, 0.29) is 12.1 Å². The third kappa shape index (κ3) is 4.56. The van der Waals surface area contributed by atoms with E-state index in [1.807, 2.05) is 25.2 Å². The van der Waals surface area contributed by atoms with Crippen molar-refractivity contribution in [1.29, 1.82) is 0 Å². The lowest BCUT2D eigenvalue weighted by Crippen LogP contribution is -2.33. The molecular formula is C17H26N2O2. The molecule has 1 N–H and O–H groups in total. The van der Waals surface area contributed by atoms with Gasteiger partial charge in [-0.2, -0.15) is 0 Å². The fourth-order valence-electron chi connectivity index (χ4n) is 2.34. The molecule has 0 saturated carbocycles. The Morgan fingerprint density at radius 2 is 2.05 bits per heavy atom. The quantitative estimate of drug-likeness (QED) is 0.811. The Morgan fingerprint density at radius 1 is 1.29 bits per heavy atom. The highest BCUT2D eigenvalue weighted by molar-refractivity contribution is 5.77. The van der Waals surface area contributed by atoms with Crippen LogP contribution in [-0.4, -0.2) is 44.8 Å². The van der Waals surface area contributed by atoms with Crippen LogP contribution in [-0.2, 0) is 4.74 Å². The van der Waals surface area contributed by atoms with Crippen molar-refractivity contribution in [2.75, 3.05) is 33.8 Å². The number of ether oxygens (including phenoxy) is 1. The van der Waals surface area contributed by atoms with Crippen molar-refractivity contribution in [3.8, 4) is 0 Å². The van der Waals surface area contributed by atoms with Crippen molar-refractivity contribution in [2.24, 2.45) is 0 Å². The summed E-state index contributed by atoms with van der Waals surface area (Å²) in [4.78, 5) is 2.26. The Hall–Kier alpha value is -1.36. The SMILES string of the molecule is CNC(CN(C)CCOC(C)C)c1cc2ccccc2o1. The van der Waals surface area contributed by atoms with Gasteiger partial charge in [0.15, 0.2) is 0 Å². The number of likely N-dealkylation sites (N-methyl/N-ethyl adjacent to an activating group) is 2. The Balaban J connectivity index is 1.95. The van der Waals surface area contributed by atoms with E-state index in [0.29, 0.717) is 0 Å². The normalized spacial score (nSPS) is 13.4. The fourth-order valence-corrected chi connectivity index (χ4v) is 2.34. The van der Waals surface area contributed by atoms with E-state index in [1.54, 1.807) is 0 Å². The summed E-state index contributed by atoms with van der Waals surface area (Å²) in [5, 5.41) is 4.48. The Morgan fingerprint density at radius 3 is 2.71 bits per heavy atom. The summed E-state index contributed by atoms with van der Waals surface area (Å²) in [5.41, 5.74) is 0.943. The van der Waals surface area contributed by atoms with Gasteiger partial charge in [-0.25, -0.2) is 0 Å². The summed E-state index contributed by atoms with van der Waals surface area (Å²) in [6.07, 6.45) is 0.286. The van der Waals surface area contributed by atoms with Crippen LogP contribution in [0.3, 0.4) is 0 Å². The molecule has 21 heavy (non-hydrogen) atoms. The van der Waals surface area contributed by atoms with Crippen LogP contribution in [0.1, 0.15) is 25.6 Å². The van der Waals surface area contributed by atoms with E-state index < -0.39 is 0 Å². The van der Waals surface area contributed by atoms with Gasteiger partial charge in [-0.1, -0.05) is 18.2 Å². The number of nitrogens with one attached hydrogen (secondary N) is 1. The Labute approximate surface area is 127 Å². The van der Waals surface area contributed by atoms with E-state index in [9.17, 15) is 0 Å². The highest BCUT2D eigenvalue weighted by atomic mass is 16.5. The lowest BCUT2D eigenvalue weighted by Gasteiger charge is -2.22. The van der Waals surface area contributed by atoms with E-state index in [0.717, 1.165) is 36.4 Å². The van der Waals surface area contributed by atoms with Gasteiger partial charge in [-0.15, -0.1) is 0 Å². The smallest absolute Gasteiger partial charge is 0.134 e. The summed E-state index contributed by atoms with van der Waals surface area (Å²) in [7, 11) is 4.08. The highest BCUT2D eigenvalue weighted by Crippen LogP contribution is 2.24. The predicted molar refractivity (Wildman–Crippen MR) is 86.6 cm³/mol. The molecule has 0 spiro atoms. The maximum absolute atomic E-state index is 5.94. The largest absolute Gasteiger partial charge is 0.459 e. The van der Waals surface area contributed by atoms with Gasteiger partial charge in [0.05, 0.1) is 18.8 Å². The summed E-state index contributed by atoms with van der Waals surface area (Å²) < 4.78 is 11.5. The molecule has 0 aliphatic rings. The first-order valence-corrected chi connectivity index (χ1v) is 7.56. The lowest BCUT2D eigenvalue weighted by molar-refractivity contribution is 0.0620. The van der Waals surface area contributed by atoms with E-state index in [1.165, 1.54) is 0 Å². The molecule has 2 aromatic rings. The molecule has 0 aliphatic heterocycles. The number of furan rings is 1. The minimum atomic E-state index is 0.182. The van der Waals surface area contributed by atoms with E-state index >= 15 is 0 Å². The molecule has 1 unspecified atom stereocenters. The van der Waals surface area contributed by atoms with Crippen molar-refractivity contribution < 1.29 is 9.15 Å². The first kappa shape index (κ1) is 16.0. The van der Waals surface area contributed by atoms with Crippen LogP contribution in [0, 0.1) is 0 Å². The van der Waals surface area contributed by atoms with Gasteiger partial charge in [-0.3, -0.25) is 0 Å². The van der Waals surface area contributed by atoms with Gasteiger partial charge in [0, 0.05) is 18.5 Å². The number of benzene rings is 1. The molecule has 1 aromatic heterocycles. The number of nitrogens with zero attached hydrogens (tertiary/aromatic N) is 1. The zero-order chi connectivity index (χ0) is 15.2. The minimum absolute atomic E-state index is 0.182. The summed E-state index contributed by atoms with van der Waals surface area (Å²) in [5.74, 6) is 0.982. The molecule has 2 rings (SSSR count). The average molecular weight is 290 g/mol. The first-order chi connectivity index (χ1) is 10.1. The second-order valence-corrected chi connectivity index (χ2v) is 5.71. The first-order valence-electron chi connectivity index (χ1n) is 7.56. The Kier molecular flexibility index (Phi) is 5.79. The van der Waals surface area contributed by atoms with Crippen LogP contribution < -0.4 is 5.32 Å². The molecule has 4 nitrogen and oxygen atoms in total. The zero-order valence-electron chi connectivity index (χ0n) is 13.4. The summed E-state index contributed by atoms with van der Waals surface area (Å²) >= 11 is 0. The molecule has 0 radical (unpaired) electrons. The number of rotatable bonds is 8. The van der Waals surface area contributed by atoms with Gasteiger partial charge >= 0.3 is 0 Å². The van der Waals surface area contributed by atoms with E-state index in [4.69, 9.17) is 9.15 Å². The van der Waals surface area contributed by atoms with Crippen LogP contribution in [0.2, 0.25) is 0 Å². The monoisotopic (exact) mass is 290 g/mol. The molecule has 0 bridgehead atoms. The van der Waals surface area contributed by atoms with Gasteiger partial charge in [0.2, 0.25) is 0 Å². The number of hydrogen-bond acceptors (Lipinski definition) is 4. The molecule has 0 aliphatic carbocycles. The summed E-state index contributed by atoms with van der Waals surface area (Å²) in [6.45, 7) is 6.68. The molecule has 4 heteroatoms. The van der Waals surface area contributed by atoms with Crippen molar-refractivity contribution in [2.45, 2.75) is 26.0 Å². The standard InChI is InChI=1S/C17H26N2O2/c1-13(2)20-10-9-19(4)12-15(18-3)17-11-14-7-5-6-8-16(14)21-17/h5-8,11,13,15,18H,9-10,12H2,1-4H3. The second kappa shape index (κ2) is 7.59. The molecule has 0 saturated heterocycles. The van der Waals surface area contributed by atoms with Crippen LogP contribution in [0.5, 0.6) is 0 Å². The molecule has 1 aromatic carbocycles. The fraction of sp³-hybridized carbons (Fsp3) is 0.529.